The number of nitrogens with one attached hydrogen (secondary N) is 1. The van der Waals surface area contributed by atoms with Gasteiger partial charge in [0.1, 0.15) is 0 Å². The first-order chi connectivity index (χ1) is 9.24. The van der Waals surface area contributed by atoms with Crippen LogP contribution in [0.3, 0.4) is 0 Å². The number of pyridine rings is 1. The maximum atomic E-state index is 12.1. The number of carbonyl (C=O) groups is 1. The summed E-state index contributed by atoms with van der Waals surface area (Å²) in [6, 6.07) is 1.68. The van der Waals surface area contributed by atoms with Gasteiger partial charge in [-0.3, -0.25) is 15.1 Å². The Morgan fingerprint density at radius 3 is 3.00 bits per heavy atom. The molecule has 2 heterocycles. The second-order valence-electron chi connectivity index (χ2n) is 4.51. The van der Waals surface area contributed by atoms with E-state index in [-0.39, 0.29) is 5.91 Å². The Morgan fingerprint density at radius 2 is 2.32 bits per heavy atom. The van der Waals surface area contributed by atoms with Crippen molar-refractivity contribution in [2.75, 3.05) is 5.32 Å². The van der Waals surface area contributed by atoms with Crippen molar-refractivity contribution in [2.24, 2.45) is 0 Å². The van der Waals surface area contributed by atoms with Gasteiger partial charge in [0.05, 0.1) is 11.3 Å². The molecule has 19 heavy (non-hydrogen) atoms. The highest BCUT2D eigenvalue weighted by molar-refractivity contribution is 9.10. The number of carbonyl (C=O) groups excluding carboxylic acids is 1. The van der Waals surface area contributed by atoms with Gasteiger partial charge in [0, 0.05) is 28.2 Å². The first-order valence-electron chi connectivity index (χ1n) is 6.10. The lowest BCUT2D eigenvalue weighted by Crippen LogP contribution is -2.13. The molecular weight excluding hydrogens is 326 g/mol. The van der Waals surface area contributed by atoms with Crippen molar-refractivity contribution in [3.05, 3.63) is 39.6 Å². The number of halogens is 1. The number of thiazole rings is 1. The molecule has 1 amide bonds. The third kappa shape index (κ3) is 2.69. The predicted molar refractivity (Wildman–Crippen MR) is 78.6 cm³/mol. The molecule has 0 saturated heterocycles. The van der Waals surface area contributed by atoms with Crippen molar-refractivity contribution < 1.29 is 4.79 Å². The van der Waals surface area contributed by atoms with Gasteiger partial charge in [-0.25, -0.2) is 4.98 Å². The topological polar surface area (TPSA) is 54.9 Å². The van der Waals surface area contributed by atoms with Gasteiger partial charge in [-0.15, -0.1) is 11.3 Å². The molecule has 98 valence electrons. The summed E-state index contributed by atoms with van der Waals surface area (Å²) in [7, 11) is 0. The van der Waals surface area contributed by atoms with E-state index in [1.54, 1.807) is 18.5 Å². The highest BCUT2D eigenvalue weighted by Gasteiger charge is 2.22. The number of rotatable bonds is 3. The minimum absolute atomic E-state index is 0.163. The van der Waals surface area contributed by atoms with Crippen molar-refractivity contribution in [3.63, 3.8) is 0 Å². The molecule has 1 fully saturated rings. The van der Waals surface area contributed by atoms with E-state index in [0.29, 0.717) is 21.1 Å². The first-order valence-corrected chi connectivity index (χ1v) is 7.77. The normalized spacial score (nSPS) is 15.0. The standard InChI is InChI=1S/C13H12BrN3OS/c14-10-6-15-5-4-9(10)12(18)17-13-16-11(7-19-13)8-2-1-3-8/h4-8H,1-3H2,(H,16,17,18). The average Bonchev–Trinajstić information content (AvgIpc) is 2.75. The van der Waals surface area contributed by atoms with Crippen LogP contribution in [-0.4, -0.2) is 15.9 Å². The molecule has 0 aliphatic heterocycles. The van der Waals surface area contributed by atoms with Gasteiger partial charge < -0.3 is 0 Å². The molecule has 1 aliphatic carbocycles. The van der Waals surface area contributed by atoms with Crippen molar-refractivity contribution >= 4 is 38.3 Å². The SMILES string of the molecule is O=C(Nc1nc(C2CCC2)cs1)c1ccncc1Br. The Labute approximate surface area is 123 Å². The summed E-state index contributed by atoms with van der Waals surface area (Å²) >= 11 is 4.80. The minimum atomic E-state index is -0.163. The molecule has 0 aromatic carbocycles. The fourth-order valence-electron chi connectivity index (χ4n) is 1.96. The average molecular weight is 338 g/mol. The van der Waals surface area contributed by atoms with Crippen LogP contribution in [-0.2, 0) is 0 Å². The van der Waals surface area contributed by atoms with Crippen molar-refractivity contribution in [3.8, 4) is 0 Å². The molecule has 6 heteroatoms. The maximum absolute atomic E-state index is 12.1. The van der Waals surface area contributed by atoms with Crippen LogP contribution in [0.2, 0.25) is 0 Å². The van der Waals surface area contributed by atoms with Gasteiger partial charge >= 0.3 is 0 Å². The number of hydrogen-bond acceptors (Lipinski definition) is 4. The molecule has 1 saturated carbocycles. The highest BCUT2D eigenvalue weighted by Crippen LogP contribution is 2.37. The Hall–Kier alpha value is -1.27. The van der Waals surface area contributed by atoms with E-state index in [2.05, 4.69) is 31.2 Å². The van der Waals surface area contributed by atoms with Gasteiger partial charge in [0.2, 0.25) is 0 Å². The van der Waals surface area contributed by atoms with Crippen LogP contribution in [0.25, 0.3) is 0 Å². The lowest BCUT2D eigenvalue weighted by molar-refractivity contribution is 0.102. The smallest absolute Gasteiger partial charge is 0.258 e. The molecule has 2 aromatic heterocycles. The monoisotopic (exact) mass is 337 g/mol. The van der Waals surface area contributed by atoms with E-state index in [0.717, 1.165) is 5.69 Å². The molecule has 0 spiro atoms. The maximum Gasteiger partial charge on any atom is 0.258 e. The molecule has 1 N–H and O–H groups in total. The third-order valence-electron chi connectivity index (χ3n) is 3.28. The number of amides is 1. The summed E-state index contributed by atoms with van der Waals surface area (Å²) in [5, 5.41) is 5.54. The van der Waals surface area contributed by atoms with Crippen molar-refractivity contribution in [2.45, 2.75) is 25.2 Å². The molecule has 0 bridgehead atoms. The van der Waals surface area contributed by atoms with Gasteiger partial charge in [-0.2, -0.15) is 0 Å². The fraction of sp³-hybridized carbons (Fsp3) is 0.308. The summed E-state index contributed by atoms with van der Waals surface area (Å²) in [6.07, 6.45) is 6.92. The Morgan fingerprint density at radius 1 is 1.47 bits per heavy atom. The summed E-state index contributed by atoms with van der Waals surface area (Å²) in [5.41, 5.74) is 1.68. The zero-order valence-electron chi connectivity index (χ0n) is 10.1. The molecule has 4 nitrogen and oxygen atoms in total. The second-order valence-corrected chi connectivity index (χ2v) is 6.23. The Balaban J connectivity index is 1.72. The lowest BCUT2D eigenvalue weighted by atomic mass is 9.83. The predicted octanol–water partition coefficient (Wildman–Crippen LogP) is 3.82. The summed E-state index contributed by atoms with van der Waals surface area (Å²) in [4.78, 5) is 20.5. The van der Waals surface area contributed by atoms with E-state index in [1.807, 2.05) is 5.38 Å². The largest absolute Gasteiger partial charge is 0.298 e. The van der Waals surface area contributed by atoms with Gasteiger partial charge in [-0.1, -0.05) is 6.42 Å². The van der Waals surface area contributed by atoms with Gasteiger partial charge in [-0.05, 0) is 34.8 Å². The van der Waals surface area contributed by atoms with Crippen LogP contribution in [0, 0.1) is 0 Å². The Bertz CT molecular complexity index is 609. The summed E-state index contributed by atoms with van der Waals surface area (Å²) in [5.74, 6) is 0.429. The molecule has 2 aromatic rings. The van der Waals surface area contributed by atoms with E-state index < -0.39 is 0 Å². The summed E-state index contributed by atoms with van der Waals surface area (Å²) in [6.45, 7) is 0. The highest BCUT2D eigenvalue weighted by atomic mass is 79.9. The van der Waals surface area contributed by atoms with Crippen LogP contribution in [0.15, 0.2) is 28.3 Å². The van der Waals surface area contributed by atoms with E-state index in [1.165, 1.54) is 30.6 Å². The van der Waals surface area contributed by atoms with Crippen LogP contribution >= 0.6 is 27.3 Å². The van der Waals surface area contributed by atoms with E-state index in [4.69, 9.17) is 0 Å². The Kier molecular flexibility index (Phi) is 3.61. The molecule has 0 unspecified atom stereocenters. The van der Waals surface area contributed by atoms with Crippen LogP contribution < -0.4 is 5.32 Å². The molecular formula is C13H12BrN3OS. The number of hydrogen-bond donors (Lipinski definition) is 1. The molecule has 1 aliphatic rings. The fourth-order valence-corrected chi connectivity index (χ4v) is 3.18. The molecule has 3 rings (SSSR count). The van der Waals surface area contributed by atoms with E-state index in [9.17, 15) is 4.79 Å². The minimum Gasteiger partial charge on any atom is -0.298 e. The summed E-state index contributed by atoms with van der Waals surface area (Å²) < 4.78 is 0.684. The number of aromatic nitrogens is 2. The zero-order valence-corrected chi connectivity index (χ0v) is 12.5. The van der Waals surface area contributed by atoms with Crippen LogP contribution in [0.4, 0.5) is 5.13 Å². The number of nitrogens with zero attached hydrogens (tertiary/aromatic N) is 2. The van der Waals surface area contributed by atoms with Crippen LogP contribution in [0.5, 0.6) is 0 Å². The third-order valence-corrected chi connectivity index (χ3v) is 4.69. The van der Waals surface area contributed by atoms with Gasteiger partial charge in [0.15, 0.2) is 5.13 Å². The zero-order chi connectivity index (χ0) is 13.2. The van der Waals surface area contributed by atoms with Crippen LogP contribution in [0.1, 0.15) is 41.2 Å². The quantitative estimate of drug-likeness (QED) is 0.926. The second kappa shape index (κ2) is 5.38. The van der Waals surface area contributed by atoms with Crippen molar-refractivity contribution in [1.82, 2.24) is 9.97 Å². The first kappa shape index (κ1) is 12.7. The van der Waals surface area contributed by atoms with Crippen molar-refractivity contribution in [1.29, 1.82) is 0 Å². The lowest BCUT2D eigenvalue weighted by Gasteiger charge is -2.22. The van der Waals surface area contributed by atoms with E-state index >= 15 is 0 Å². The molecule has 0 atom stereocenters. The molecule has 0 radical (unpaired) electrons. The van der Waals surface area contributed by atoms with Gasteiger partial charge in [0.25, 0.3) is 5.91 Å². The number of anilines is 1.